The molecule has 0 aromatic carbocycles. The van der Waals surface area contributed by atoms with Crippen molar-refractivity contribution in [2.75, 3.05) is 0 Å². The quantitative estimate of drug-likeness (QED) is 0.172. The number of hydrogen-bond acceptors (Lipinski definition) is 5. The van der Waals surface area contributed by atoms with E-state index in [0.717, 1.165) is 50.5 Å². The third-order valence-corrected chi connectivity index (χ3v) is 8.49. The monoisotopic (exact) mass is 504 g/mol. The van der Waals surface area contributed by atoms with Crippen molar-refractivity contribution in [3.63, 3.8) is 0 Å². The van der Waals surface area contributed by atoms with Crippen LogP contribution >= 0.6 is 0 Å². The van der Waals surface area contributed by atoms with Crippen LogP contribution in [0.15, 0.2) is 22.8 Å². The van der Waals surface area contributed by atoms with Crippen LogP contribution in [-0.2, 0) is 23.9 Å². The van der Waals surface area contributed by atoms with Gasteiger partial charge in [-0.05, 0) is 57.8 Å². The van der Waals surface area contributed by atoms with E-state index in [1.807, 2.05) is 6.92 Å². The van der Waals surface area contributed by atoms with Crippen LogP contribution in [0.2, 0.25) is 0 Å². The van der Waals surface area contributed by atoms with Gasteiger partial charge in [0.15, 0.2) is 0 Å². The van der Waals surface area contributed by atoms with Crippen molar-refractivity contribution in [2.45, 2.75) is 131 Å². The fraction of sp³-hybridized carbons (Fsp3) is 0.767. The summed E-state index contributed by atoms with van der Waals surface area (Å²) in [4.78, 5) is 36.5. The molecule has 0 amide bonds. The molecule has 4 unspecified atom stereocenters. The minimum atomic E-state index is -0.920. The van der Waals surface area contributed by atoms with Crippen LogP contribution in [0.3, 0.4) is 0 Å². The summed E-state index contributed by atoms with van der Waals surface area (Å²) in [5, 5.41) is 9.14. The second-order valence-electron chi connectivity index (χ2n) is 11.8. The molecular weight excluding hydrogens is 456 g/mol. The average Bonchev–Trinajstić information content (AvgIpc) is 2.77. The standard InChI is InChI=1S/C30H48O6/c1-8-10-12-26(33)35-23-19-21(4)22(15-14-20(3)18-25(31)32)30(7)17-16-24(29(5,6)28(23)30)36-27(34)13-11-9-2/h18,23-24,28H,8-17,19H2,1-7H3,(H,31,32). The molecule has 0 aromatic heterocycles. The summed E-state index contributed by atoms with van der Waals surface area (Å²) >= 11 is 0. The molecule has 36 heavy (non-hydrogen) atoms. The van der Waals surface area contributed by atoms with Crippen LogP contribution in [0, 0.1) is 16.7 Å². The van der Waals surface area contributed by atoms with Crippen LogP contribution in [0.5, 0.6) is 0 Å². The van der Waals surface area contributed by atoms with Gasteiger partial charge in [0.1, 0.15) is 12.2 Å². The van der Waals surface area contributed by atoms with E-state index in [2.05, 4.69) is 41.5 Å². The first-order chi connectivity index (χ1) is 16.9. The van der Waals surface area contributed by atoms with Crippen molar-refractivity contribution in [3.05, 3.63) is 22.8 Å². The van der Waals surface area contributed by atoms with E-state index in [1.54, 1.807) is 0 Å². The molecule has 0 aromatic rings. The first-order valence-electron chi connectivity index (χ1n) is 13.8. The molecule has 0 spiro atoms. The van der Waals surface area contributed by atoms with Gasteiger partial charge in [-0.15, -0.1) is 0 Å². The number of aliphatic carboxylic acids is 1. The Morgan fingerprint density at radius 1 is 1.00 bits per heavy atom. The van der Waals surface area contributed by atoms with E-state index in [1.165, 1.54) is 17.2 Å². The Labute approximate surface area is 217 Å². The number of ether oxygens (including phenoxy) is 2. The molecule has 0 radical (unpaired) electrons. The van der Waals surface area contributed by atoms with Gasteiger partial charge in [-0.1, -0.05) is 64.2 Å². The van der Waals surface area contributed by atoms with E-state index in [9.17, 15) is 14.4 Å². The molecule has 204 valence electrons. The smallest absolute Gasteiger partial charge is 0.328 e. The first kappa shape index (κ1) is 30.1. The van der Waals surface area contributed by atoms with Gasteiger partial charge < -0.3 is 14.6 Å². The molecule has 1 N–H and O–H groups in total. The molecule has 2 aliphatic rings. The summed E-state index contributed by atoms with van der Waals surface area (Å²) in [6.45, 7) is 14.7. The molecule has 6 nitrogen and oxygen atoms in total. The molecule has 2 aliphatic carbocycles. The van der Waals surface area contributed by atoms with Gasteiger partial charge in [0.2, 0.25) is 0 Å². The number of carbonyl (C=O) groups excluding carboxylic acids is 2. The lowest BCUT2D eigenvalue weighted by Crippen LogP contribution is -2.58. The number of hydrogen-bond donors (Lipinski definition) is 1. The lowest BCUT2D eigenvalue weighted by Gasteiger charge is -2.59. The van der Waals surface area contributed by atoms with Crippen molar-refractivity contribution in [1.29, 1.82) is 0 Å². The van der Waals surface area contributed by atoms with Crippen LogP contribution in [0.1, 0.15) is 119 Å². The van der Waals surface area contributed by atoms with Crippen molar-refractivity contribution < 1.29 is 29.0 Å². The van der Waals surface area contributed by atoms with Crippen LogP contribution in [0.25, 0.3) is 0 Å². The summed E-state index contributed by atoms with van der Waals surface area (Å²) in [5.41, 5.74) is 2.81. The number of rotatable bonds is 12. The van der Waals surface area contributed by atoms with Gasteiger partial charge in [-0.3, -0.25) is 9.59 Å². The van der Waals surface area contributed by atoms with Crippen molar-refractivity contribution in [1.82, 2.24) is 0 Å². The number of allylic oxidation sites excluding steroid dienone is 2. The summed E-state index contributed by atoms with van der Waals surface area (Å²) in [6, 6.07) is 0. The Morgan fingerprint density at radius 3 is 2.14 bits per heavy atom. The van der Waals surface area contributed by atoms with Gasteiger partial charge in [0, 0.05) is 36.7 Å². The average molecular weight is 505 g/mol. The minimum Gasteiger partial charge on any atom is -0.478 e. The molecule has 4 atom stereocenters. The Hall–Kier alpha value is -2.11. The Balaban J connectivity index is 2.41. The molecule has 0 aliphatic heterocycles. The third kappa shape index (κ3) is 7.23. The Kier molecular flexibility index (Phi) is 10.8. The minimum absolute atomic E-state index is 0.00392. The zero-order valence-electron chi connectivity index (χ0n) is 23.6. The SMILES string of the molecule is CCCCC(=O)OC1CC(C)=C(CCC(C)=CC(=O)O)C2(C)CCC(OC(=O)CCCC)C(C)(C)C12. The fourth-order valence-electron chi connectivity index (χ4n) is 6.75. The molecule has 6 heteroatoms. The Bertz CT molecular complexity index is 867. The van der Waals surface area contributed by atoms with Crippen molar-refractivity contribution in [2.24, 2.45) is 16.7 Å². The van der Waals surface area contributed by atoms with E-state index in [4.69, 9.17) is 14.6 Å². The van der Waals surface area contributed by atoms with Gasteiger partial charge in [-0.25, -0.2) is 4.79 Å². The van der Waals surface area contributed by atoms with E-state index < -0.39 is 5.97 Å². The number of esters is 2. The summed E-state index contributed by atoms with van der Waals surface area (Å²) in [5.74, 6) is -1.22. The van der Waals surface area contributed by atoms with E-state index >= 15 is 0 Å². The summed E-state index contributed by atoms with van der Waals surface area (Å²) < 4.78 is 12.2. The molecule has 1 saturated carbocycles. The summed E-state index contributed by atoms with van der Waals surface area (Å²) in [7, 11) is 0. The number of fused-ring (bicyclic) bond motifs is 1. The zero-order valence-corrected chi connectivity index (χ0v) is 23.6. The number of carboxylic acids is 1. The topological polar surface area (TPSA) is 89.9 Å². The molecular formula is C30H48O6. The highest BCUT2D eigenvalue weighted by molar-refractivity contribution is 5.80. The van der Waals surface area contributed by atoms with Gasteiger partial charge >= 0.3 is 17.9 Å². The molecule has 0 heterocycles. The lowest BCUT2D eigenvalue weighted by molar-refractivity contribution is -0.189. The predicted octanol–water partition coefficient (Wildman–Crippen LogP) is 7.16. The highest BCUT2D eigenvalue weighted by Crippen LogP contribution is 2.61. The van der Waals surface area contributed by atoms with Gasteiger partial charge in [-0.2, -0.15) is 0 Å². The second kappa shape index (κ2) is 12.9. The highest BCUT2D eigenvalue weighted by Gasteiger charge is 2.59. The molecule has 2 rings (SSSR count). The predicted molar refractivity (Wildman–Crippen MR) is 141 cm³/mol. The molecule has 0 saturated heterocycles. The van der Waals surface area contributed by atoms with Crippen molar-refractivity contribution >= 4 is 17.9 Å². The lowest BCUT2D eigenvalue weighted by atomic mass is 9.48. The largest absolute Gasteiger partial charge is 0.478 e. The normalized spacial score (nSPS) is 27.9. The van der Waals surface area contributed by atoms with Crippen molar-refractivity contribution in [3.8, 4) is 0 Å². The summed E-state index contributed by atoms with van der Waals surface area (Å²) in [6.07, 6.45) is 8.86. The second-order valence-corrected chi connectivity index (χ2v) is 11.8. The molecule has 0 bridgehead atoms. The number of unbranched alkanes of at least 4 members (excludes halogenated alkanes) is 2. The van der Waals surface area contributed by atoms with E-state index in [0.29, 0.717) is 25.7 Å². The van der Waals surface area contributed by atoms with Crippen LogP contribution in [0.4, 0.5) is 0 Å². The first-order valence-corrected chi connectivity index (χ1v) is 13.8. The van der Waals surface area contributed by atoms with Crippen LogP contribution < -0.4 is 0 Å². The molecule has 1 fully saturated rings. The van der Waals surface area contributed by atoms with Gasteiger partial charge in [0.05, 0.1) is 0 Å². The highest BCUT2D eigenvalue weighted by atomic mass is 16.6. The number of carbonyl (C=O) groups is 3. The van der Waals surface area contributed by atoms with Gasteiger partial charge in [0.25, 0.3) is 0 Å². The maximum Gasteiger partial charge on any atom is 0.328 e. The fourth-order valence-corrected chi connectivity index (χ4v) is 6.75. The zero-order chi connectivity index (χ0) is 27.1. The van der Waals surface area contributed by atoms with Crippen LogP contribution in [-0.4, -0.2) is 35.2 Å². The Morgan fingerprint density at radius 2 is 1.58 bits per heavy atom. The third-order valence-electron chi connectivity index (χ3n) is 8.49. The van der Waals surface area contributed by atoms with E-state index in [-0.39, 0.29) is 40.9 Å². The maximum atomic E-state index is 12.8. The maximum absolute atomic E-state index is 12.8. The number of carboxylic acid groups (broad SMARTS) is 1.